The molecule has 1 amide bonds. The predicted octanol–water partition coefficient (Wildman–Crippen LogP) is 5.74. The van der Waals surface area contributed by atoms with Crippen LogP contribution in [0.4, 0.5) is 0 Å². The summed E-state index contributed by atoms with van der Waals surface area (Å²) in [6.45, 7) is 8.18. The molecule has 0 bridgehead atoms. The Balaban J connectivity index is 1.47. The molecule has 1 saturated carbocycles. The fourth-order valence-corrected chi connectivity index (χ4v) is 7.31. The number of amides is 1. The minimum Gasteiger partial charge on any atom is -0.427 e. The fraction of sp³-hybridized carbons (Fsp3) is 0.529. The molecule has 0 aromatic heterocycles. The van der Waals surface area contributed by atoms with Crippen molar-refractivity contribution >= 4 is 11.9 Å². The molecule has 2 fully saturated rings. The number of carbonyl (C=O) groups excluding carboxylic acids is 2. The van der Waals surface area contributed by atoms with Crippen LogP contribution in [0.25, 0.3) is 0 Å². The first kappa shape index (κ1) is 30.0. The Bertz CT molecular complexity index is 1170. The van der Waals surface area contributed by atoms with Crippen LogP contribution in [0, 0.1) is 0 Å². The summed E-state index contributed by atoms with van der Waals surface area (Å²) in [5.74, 6) is 0.366. The molecule has 1 unspecified atom stereocenters. The van der Waals surface area contributed by atoms with Gasteiger partial charge in [0.15, 0.2) is 0 Å². The molecule has 1 aliphatic carbocycles. The molecular formula is C34H47N2O4+. The summed E-state index contributed by atoms with van der Waals surface area (Å²) in [5.41, 5.74) is 1.78. The van der Waals surface area contributed by atoms with Crippen molar-refractivity contribution in [1.82, 2.24) is 5.32 Å². The van der Waals surface area contributed by atoms with Crippen molar-refractivity contribution in [3.8, 4) is 5.75 Å². The first-order valence-electron chi connectivity index (χ1n) is 14.8. The third-order valence-electron chi connectivity index (χ3n) is 9.27. The molecule has 6 nitrogen and oxygen atoms in total. The van der Waals surface area contributed by atoms with Crippen molar-refractivity contribution in [2.45, 2.75) is 81.8 Å². The van der Waals surface area contributed by atoms with Crippen LogP contribution in [-0.4, -0.2) is 61.8 Å². The third-order valence-corrected chi connectivity index (χ3v) is 9.27. The van der Waals surface area contributed by atoms with Crippen molar-refractivity contribution in [2.24, 2.45) is 0 Å². The van der Waals surface area contributed by atoms with E-state index in [0.717, 1.165) is 81.0 Å². The Morgan fingerprint density at radius 2 is 1.90 bits per heavy atom. The van der Waals surface area contributed by atoms with E-state index in [-0.39, 0.29) is 23.3 Å². The highest BCUT2D eigenvalue weighted by atomic mass is 16.5. The summed E-state index contributed by atoms with van der Waals surface area (Å²) in [5, 5.41) is 3.39. The average molecular weight is 548 g/mol. The van der Waals surface area contributed by atoms with Gasteiger partial charge in [0.2, 0.25) is 5.91 Å². The topological polar surface area (TPSA) is 64.6 Å². The van der Waals surface area contributed by atoms with E-state index in [1.165, 1.54) is 12.5 Å². The lowest BCUT2D eigenvalue weighted by Gasteiger charge is -2.61. The van der Waals surface area contributed by atoms with Crippen molar-refractivity contribution in [2.75, 3.05) is 33.8 Å². The summed E-state index contributed by atoms with van der Waals surface area (Å²) in [6, 6.07) is 18.6. The molecule has 6 heteroatoms. The van der Waals surface area contributed by atoms with Gasteiger partial charge in [0.25, 0.3) is 0 Å². The Kier molecular flexibility index (Phi) is 9.85. The molecular weight excluding hydrogens is 500 g/mol. The molecule has 4 rings (SSSR count). The second-order valence-electron chi connectivity index (χ2n) is 12.2. The van der Waals surface area contributed by atoms with Gasteiger partial charge in [-0.25, -0.2) is 0 Å². The molecule has 4 atom stereocenters. The van der Waals surface area contributed by atoms with Crippen LogP contribution in [0.1, 0.15) is 69.4 Å². The zero-order chi connectivity index (χ0) is 28.6. The van der Waals surface area contributed by atoms with E-state index in [2.05, 4.69) is 49.3 Å². The zero-order valence-corrected chi connectivity index (χ0v) is 24.6. The van der Waals surface area contributed by atoms with Crippen LogP contribution in [0.2, 0.25) is 0 Å². The number of piperidine rings is 1. The molecule has 40 heavy (non-hydrogen) atoms. The van der Waals surface area contributed by atoms with Crippen LogP contribution in [0.15, 0.2) is 67.3 Å². The van der Waals surface area contributed by atoms with Crippen LogP contribution in [0.3, 0.4) is 0 Å². The molecule has 1 saturated heterocycles. The number of hydrogen-bond donors (Lipinski definition) is 1. The smallest absolute Gasteiger partial charge is 0.308 e. The lowest BCUT2D eigenvalue weighted by Crippen LogP contribution is -2.72. The first-order chi connectivity index (χ1) is 19.2. The molecule has 1 aliphatic heterocycles. The summed E-state index contributed by atoms with van der Waals surface area (Å²) < 4.78 is 12.9. The number of quaternary nitrogens is 1. The van der Waals surface area contributed by atoms with Gasteiger partial charge >= 0.3 is 5.97 Å². The molecule has 2 aliphatic rings. The number of unbranched alkanes of at least 4 members (excludes halogenated alkanes) is 2. The normalized spacial score (nSPS) is 27.8. The predicted molar refractivity (Wildman–Crippen MR) is 159 cm³/mol. The number of nitrogens with zero attached hydrogens (tertiary/aromatic N) is 1. The van der Waals surface area contributed by atoms with E-state index >= 15 is 0 Å². The molecule has 1 heterocycles. The number of ether oxygens (including phenoxy) is 2. The van der Waals surface area contributed by atoms with E-state index in [1.807, 2.05) is 37.5 Å². The Hall–Kier alpha value is -2.96. The number of aryl methyl sites for hydroxylation is 1. The monoisotopic (exact) mass is 547 g/mol. The van der Waals surface area contributed by atoms with E-state index in [1.54, 1.807) is 0 Å². The number of carbonyl (C=O) groups is 2. The average Bonchev–Trinajstić information content (AvgIpc) is 2.93. The van der Waals surface area contributed by atoms with E-state index in [9.17, 15) is 9.59 Å². The molecule has 2 aromatic rings. The maximum absolute atomic E-state index is 13.0. The van der Waals surface area contributed by atoms with Crippen LogP contribution < -0.4 is 10.1 Å². The summed E-state index contributed by atoms with van der Waals surface area (Å²) >= 11 is 0. The van der Waals surface area contributed by atoms with Gasteiger partial charge in [0, 0.05) is 38.3 Å². The van der Waals surface area contributed by atoms with Gasteiger partial charge in [-0.3, -0.25) is 9.59 Å². The van der Waals surface area contributed by atoms with Gasteiger partial charge in [-0.15, -0.1) is 0 Å². The quantitative estimate of drug-likeness (QED) is 0.121. The fourth-order valence-electron chi connectivity index (χ4n) is 7.31. The number of nitrogens with one attached hydrogen (secondary N) is 1. The highest BCUT2D eigenvalue weighted by molar-refractivity contribution is 5.76. The number of likely N-dealkylation sites (N-methyl/N-ethyl adjacent to an activating group) is 1. The van der Waals surface area contributed by atoms with Gasteiger partial charge in [0.1, 0.15) is 17.9 Å². The van der Waals surface area contributed by atoms with Gasteiger partial charge in [0.05, 0.1) is 20.1 Å². The molecule has 0 radical (unpaired) electrons. The van der Waals surface area contributed by atoms with Crippen LogP contribution >= 0.6 is 0 Å². The van der Waals surface area contributed by atoms with Crippen molar-refractivity contribution < 1.29 is 23.5 Å². The molecule has 2 aromatic carbocycles. The maximum Gasteiger partial charge on any atom is 0.308 e. The summed E-state index contributed by atoms with van der Waals surface area (Å²) in [6.07, 6.45) is 10.1. The van der Waals surface area contributed by atoms with E-state index in [4.69, 9.17) is 9.47 Å². The summed E-state index contributed by atoms with van der Waals surface area (Å²) in [7, 11) is 4.12. The van der Waals surface area contributed by atoms with Gasteiger partial charge in [-0.1, -0.05) is 55.5 Å². The number of rotatable bonds is 12. The lowest BCUT2D eigenvalue weighted by molar-refractivity contribution is -0.918. The third kappa shape index (κ3) is 6.84. The number of fused-ring (bicyclic) bond motifs is 1. The molecule has 216 valence electrons. The van der Waals surface area contributed by atoms with Crippen molar-refractivity contribution in [3.63, 3.8) is 0 Å². The highest BCUT2D eigenvalue weighted by Gasteiger charge is 2.62. The number of hydrogen-bond acceptors (Lipinski definition) is 4. The Morgan fingerprint density at radius 1 is 1.10 bits per heavy atom. The van der Waals surface area contributed by atoms with E-state index in [0.29, 0.717) is 12.2 Å². The standard InChI is InChI=1S/C34H46N2O4/c1-5-22-36(3)23-21-33(29-16-12-17-31(24-29)40-27(2)37)25-30(19-20-34(33,26-36)39-4)35-32(38)18-11-7-10-15-28-13-8-6-9-14-28/h5-6,8-9,12-14,16-17,24,30H,1,7,10-11,15,18-23,25-26H2,2-4H3/p+1/t30-,33-,34?,36-/m0/s1. The van der Waals surface area contributed by atoms with Gasteiger partial charge in [-0.05, 0) is 67.9 Å². The SMILES string of the molecule is C=CC[N@@+]1(C)CC[C@@]2(c3cccc(OC(C)=O)c3)C[C@@H](NC(=O)CCCCCc3ccccc3)CCC2(OC)C1. The summed E-state index contributed by atoms with van der Waals surface area (Å²) in [4.78, 5) is 24.8. The maximum atomic E-state index is 13.0. The minimum atomic E-state index is -0.392. The number of methoxy groups -OCH3 is 1. The van der Waals surface area contributed by atoms with Crippen LogP contribution in [0.5, 0.6) is 5.75 Å². The van der Waals surface area contributed by atoms with E-state index < -0.39 is 5.60 Å². The van der Waals surface area contributed by atoms with Crippen LogP contribution in [-0.2, 0) is 26.2 Å². The number of esters is 1. The van der Waals surface area contributed by atoms with Crippen molar-refractivity contribution in [1.29, 1.82) is 0 Å². The van der Waals surface area contributed by atoms with Crippen molar-refractivity contribution in [3.05, 3.63) is 78.4 Å². The lowest BCUT2D eigenvalue weighted by atomic mass is 9.54. The zero-order valence-electron chi connectivity index (χ0n) is 24.6. The van der Waals surface area contributed by atoms with Gasteiger partial charge < -0.3 is 19.3 Å². The Morgan fingerprint density at radius 3 is 2.62 bits per heavy atom. The number of benzene rings is 2. The minimum absolute atomic E-state index is 0.0775. The molecule has 0 spiro atoms. The highest BCUT2D eigenvalue weighted by Crippen LogP contribution is 2.54. The van der Waals surface area contributed by atoms with Gasteiger partial charge in [-0.2, -0.15) is 0 Å². The Labute approximate surface area is 240 Å². The second-order valence-corrected chi connectivity index (χ2v) is 12.2. The second kappa shape index (κ2) is 13.1. The molecule has 1 N–H and O–H groups in total. The first-order valence-corrected chi connectivity index (χ1v) is 14.8. The largest absolute Gasteiger partial charge is 0.427 e. The number of likely N-dealkylation sites (tertiary alicyclic amines) is 1.